The first-order chi connectivity index (χ1) is 13.5. The molecule has 3 aromatic heterocycles. The van der Waals surface area contributed by atoms with Crippen LogP contribution in [0.2, 0.25) is 0 Å². The van der Waals surface area contributed by atoms with Gasteiger partial charge < -0.3 is 9.63 Å². The van der Waals surface area contributed by atoms with E-state index in [0.29, 0.717) is 28.2 Å². The van der Waals surface area contributed by atoms with E-state index in [1.165, 1.54) is 8.97 Å². The molecule has 0 saturated heterocycles. The number of aryl methyl sites for hydroxylation is 2. The summed E-state index contributed by atoms with van der Waals surface area (Å²) in [5.41, 5.74) is 2.28. The van der Waals surface area contributed by atoms with Crippen LogP contribution in [0.25, 0.3) is 16.8 Å². The van der Waals surface area contributed by atoms with E-state index in [-0.39, 0.29) is 12.1 Å². The highest BCUT2D eigenvalue weighted by molar-refractivity contribution is 5.70. The Kier molecular flexibility index (Phi) is 4.17. The highest BCUT2D eigenvalue weighted by Crippen LogP contribution is 2.28. The van der Waals surface area contributed by atoms with Crippen LogP contribution in [0, 0.1) is 25.2 Å². The zero-order valence-corrected chi connectivity index (χ0v) is 15.3. The van der Waals surface area contributed by atoms with Gasteiger partial charge in [0.05, 0.1) is 35.0 Å². The third-order valence-corrected chi connectivity index (χ3v) is 4.69. The van der Waals surface area contributed by atoms with Gasteiger partial charge in [0.2, 0.25) is 0 Å². The fourth-order valence-electron chi connectivity index (χ4n) is 3.41. The molecule has 0 aliphatic rings. The van der Waals surface area contributed by atoms with Crippen LogP contribution in [0.1, 0.15) is 22.6 Å². The van der Waals surface area contributed by atoms with E-state index in [1.807, 2.05) is 6.07 Å². The molecule has 7 nitrogen and oxygen atoms in total. The molecule has 138 valence electrons. The molecule has 0 N–H and O–H groups in total. The summed E-state index contributed by atoms with van der Waals surface area (Å²) in [6.07, 6.45) is 1.63. The molecule has 3 heterocycles. The van der Waals surface area contributed by atoms with Crippen molar-refractivity contribution in [2.24, 2.45) is 0 Å². The van der Waals surface area contributed by atoms with Gasteiger partial charge in [-0.25, -0.2) is 9.36 Å². The molecule has 0 fully saturated rings. The predicted molar refractivity (Wildman–Crippen MR) is 98.5 cm³/mol. The Hall–Kier alpha value is -3.92. The summed E-state index contributed by atoms with van der Waals surface area (Å²) in [6, 6.07) is 14.4. The zero-order chi connectivity index (χ0) is 19.8. The van der Waals surface area contributed by atoms with Gasteiger partial charge in [-0.05, 0) is 37.6 Å². The Balaban J connectivity index is 2.03. The van der Waals surface area contributed by atoms with E-state index < -0.39 is 11.4 Å². The van der Waals surface area contributed by atoms with Crippen molar-refractivity contribution in [1.29, 1.82) is 5.26 Å². The minimum Gasteiger partial charge on any atom is -0.842 e. The molecule has 0 spiro atoms. The number of rotatable bonds is 3. The first kappa shape index (κ1) is 17.5. The van der Waals surface area contributed by atoms with Gasteiger partial charge in [-0.15, -0.1) is 0 Å². The van der Waals surface area contributed by atoms with Crippen LogP contribution >= 0.6 is 0 Å². The molecule has 0 unspecified atom stereocenters. The van der Waals surface area contributed by atoms with E-state index in [0.717, 1.165) is 5.56 Å². The van der Waals surface area contributed by atoms with Gasteiger partial charge in [0, 0.05) is 6.07 Å². The van der Waals surface area contributed by atoms with Gasteiger partial charge in [0.1, 0.15) is 17.9 Å². The first-order valence-electron chi connectivity index (χ1n) is 8.67. The van der Waals surface area contributed by atoms with E-state index in [9.17, 15) is 9.90 Å². The minimum absolute atomic E-state index is 0.0244. The summed E-state index contributed by atoms with van der Waals surface area (Å²) in [4.78, 5) is 13.1. The SMILES string of the molecule is Cc1noc(C)c1-c1c([O-])[n+](Cc2cccc(C#N)c2)c2ccccn2c1=O. The molecule has 0 aliphatic heterocycles. The Labute approximate surface area is 160 Å². The third-order valence-electron chi connectivity index (χ3n) is 4.69. The van der Waals surface area contributed by atoms with Gasteiger partial charge in [-0.3, -0.25) is 0 Å². The molecule has 0 aliphatic carbocycles. The third kappa shape index (κ3) is 2.72. The van der Waals surface area contributed by atoms with Crippen LogP contribution in [0.3, 0.4) is 0 Å². The highest BCUT2D eigenvalue weighted by Gasteiger charge is 2.24. The average molecular weight is 372 g/mol. The summed E-state index contributed by atoms with van der Waals surface area (Å²) < 4.78 is 8.15. The van der Waals surface area contributed by atoms with Crippen molar-refractivity contribution in [3.8, 4) is 23.1 Å². The van der Waals surface area contributed by atoms with E-state index in [1.54, 1.807) is 56.4 Å². The van der Waals surface area contributed by atoms with Crippen molar-refractivity contribution in [2.45, 2.75) is 20.4 Å². The topological polar surface area (TPSA) is 98.2 Å². The van der Waals surface area contributed by atoms with Crippen molar-refractivity contribution in [1.82, 2.24) is 9.56 Å². The number of aromatic nitrogens is 3. The van der Waals surface area contributed by atoms with Crippen molar-refractivity contribution in [3.63, 3.8) is 0 Å². The maximum Gasteiger partial charge on any atom is 0.349 e. The smallest absolute Gasteiger partial charge is 0.349 e. The van der Waals surface area contributed by atoms with Crippen molar-refractivity contribution >= 4 is 5.65 Å². The molecule has 28 heavy (non-hydrogen) atoms. The zero-order valence-electron chi connectivity index (χ0n) is 15.3. The van der Waals surface area contributed by atoms with Gasteiger partial charge in [-0.1, -0.05) is 23.4 Å². The molecule has 4 aromatic rings. The number of hydrogen-bond donors (Lipinski definition) is 0. The Morgan fingerprint density at radius 2 is 2.04 bits per heavy atom. The Bertz CT molecular complexity index is 1290. The van der Waals surface area contributed by atoms with Crippen molar-refractivity contribution in [2.75, 3.05) is 0 Å². The van der Waals surface area contributed by atoms with Gasteiger partial charge in [0.25, 0.3) is 5.65 Å². The second kappa shape index (κ2) is 6.67. The maximum absolute atomic E-state index is 13.4. The van der Waals surface area contributed by atoms with Crippen LogP contribution in [-0.2, 0) is 6.54 Å². The van der Waals surface area contributed by atoms with Crippen LogP contribution in [0.4, 0.5) is 0 Å². The summed E-state index contributed by atoms with van der Waals surface area (Å²) in [5, 5.41) is 26.4. The molecule has 1 aromatic carbocycles. The Morgan fingerprint density at radius 3 is 2.75 bits per heavy atom. The molecular weight excluding hydrogens is 356 g/mol. The largest absolute Gasteiger partial charge is 0.842 e. The van der Waals surface area contributed by atoms with E-state index in [2.05, 4.69) is 11.2 Å². The molecule has 7 heteroatoms. The van der Waals surface area contributed by atoms with Gasteiger partial charge in [0.15, 0.2) is 0 Å². The van der Waals surface area contributed by atoms with Crippen LogP contribution in [0.5, 0.6) is 5.88 Å². The summed E-state index contributed by atoms with van der Waals surface area (Å²) in [6.45, 7) is 3.60. The second-order valence-corrected chi connectivity index (χ2v) is 6.51. The molecule has 0 amide bonds. The molecule has 4 rings (SSSR count). The maximum atomic E-state index is 13.4. The van der Waals surface area contributed by atoms with E-state index >= 15 is 0 Å². The molecular formula is C21H16N4O3. The number of pyridine rings is 1. The first-order valence-corrected chi connectivity index (χ1v) is 8.67. The number of fused-ring (bicyclic) bond motifs is 1. The standard InChI is InChI=1S/C21H16N4O3/c1-13-18(14(2)28-23-13)19-20(26)24-9-4-3-8-17(24)25(21(19)27)12-16-7-5-6-15(10-16)11-22/h3-10H,12H2,1-2H3. The lowest BCUT2D eigenvalue weighted by atomic mass is 10.1. The summed E-state index contributed by atoms with van der Waals surface area (Å²) in [5.74, 6) is -0.00595. The highest BCUT2D eigenvalue weighted by atomic mass is 16.5. The molecule has 0 saturated carbocycles. The molecule has 0 radical (unpaired) electrons. The number of nitriles is 1. The Morgan fingerprint density at radius 1 is 1.21 bits per heavy atom. The fraction of sp³-hybridized carbons (Fsp3) is 0.143. The fourth-order valence-corrected chi connectivity index (χ4v) is 3.41. The summed E-state index contributed by atoms with van der Waals surface area (Å²) >= 11 is 0. The van der Waals surface area contributed by atoms with Crippen LogP contribution in [-0.4, -0.2) is 9.56 Å². The normalized spacial score (nSPS) is 10.9. The van der Waals surface area contributed by atoms with Crippen LogP contribution < -0.4 is 15.2 Å². The lowest BCUT2D eigenvalue weighted by Crippen LogP contribution is -2.44. The number of nitrogens with zero attached hydrogens (tertiary/aromatic N) is 4. The number of hydrogen-bond acceptors (Lipinski definition) is 5. The predicted octanol–water partition coefficient (Wildman–Crippen LogP) is 1.85. The molecule has 0 bridgehead atoms. The second-order valence-electron chi connectivity index (χ2n) is 6.51. The molecule has 0 atom stereocenters. The average Bonchev–Trinajstić information content (AvgIpc) is 3.04. The van der Waals surface area contributed by atoms with Crippen molar-refractivity contribution < 1.29 is 14.2 Å². The van der Waals surface area contributed by atoms with Gasteiger partial charge >= 0.3 is 5.56 Å². The lowest BCUT2D eigenvalue weighted by Gasteiger charge is -2.17. The number of benzene rings is 1. The minimum atomic E-state index is -0.423. The lowest BCUT2D eigenvalue weighted by molar-refractivity contribution is -0.708. The van der Waals surface area contributed by atoms with Crippen molar-refractivity contribution in [3.05, 3.63) is 81.6 Å². The van der Waals surface area contributed by atoms with Gasteiger partial charge in [-0.2, -0.15) is 9.66 Å². The quantitative estimate of drug-likeness (QED) is 0.511. The van der Waals surface area contributed by atoms with E-state index in [4.69, 9.17) is 9.78 Å². The monoisotopic (exact) mass is 372 g/mol. The summed E-state index contributed by atoms with van der Waals surface area (Å²) in [7, 11) is 0. The van der Waals surface area contributed by atoms with Crippen LogP contribution in [0.15, 0.2) is 58.0 Å².